The Morgan fingerprint density at radius 3 is 2.56 bits per heavy atom. The van der Waals surface area contributed by atoms with Gasteiger partial charge in [0, 0.05) is 10.6 Å². The number of hydrogen-bond acceptors (Lipinski definition) is 3. The molecule has 5 heteroatoms. The average Bonchev–Trinajstić information content (AvgIpc) is 2.69. The predicted octanol–water partition coefficient (Wildman–Crippen LogP) is 3.25. The largest absolute Gasteiger partial charge is 0.457 e. The van der Waals surface area contributed by atoms with Crippen molar-refractivity contribution in [2.75, 3.05) is 0 Å². The second-order valence-electron chi connectivity index (χ2n) is 3.27. The Morgan fingerprint density at radius 1 is 1.25 bits per heavy atom. The van der Waals surface area contributed by atoms with Crippen LogP contribution in [0.1, 0.15) is 17.2 Å². The fraction of sp³-hybridized carbons (Fsp3) is 0.0909. The summed E-state index contributed by atoms with van der Waals surface area (Å²) in [5.74, 6) is 5.56. The number of hydrazine groups is 1. The molecular weight excluding hydrogens is 291 g/mol. The van der Waals surface area contributed by atoms with Crippen molar-refractivity contribution in [1.29, 1.82) is 0 Å². The normalized spacial score (nSPS) is 12.7. The summed E-state index contributed by atoms with van der Waals surface area (Å²) in [6, 6.07) is 9.20. The van der Waals surface area contributed by atoms with Crippen LogP contribution in [0.4, 0.5) is 0 Å². The Kier molecular flexibility index (Phi) is 3.66. The maximum atomic E-state index is 6.13. The number of hydrogen-bond donors (Lipinski definition) is 2. The van der Waals surface area contributed by atoms with Gasteiger partial charge >= 0.3 is 0 Å². The molecule has 1 aromatic carbocycles. The van der Waals surface area contributed by atoms with E-state index in [9.17, 15) is 0 Å². The molecule has 1 aromatic heterocycles. The smallest absolute Gasteiger partial charge is 0.174 e. The third-order valence-corrected chi connectivity index (χ3v) is 3.33. The minimum atomic E-state index is -0.193. The average molecular weight is 302 g/mol. The second-order valence-corrected chi connectivity index (χ2v) is 4.40. The molecule has 2 aromatic rings. The van der Waals surface area contributed by atoms with Crippen molar-refractivity contribution < 1.29 is 4.42 Å². The fourth-order valence-electron chi connectivity index (χ4n) is 1.57. The van der Waals surface area contributed by atoms with E-state index in [2.05, 4.69) is 21.4 Å². The highest BCUT2D eigenvalue weighted by Crippen LogP contribution is 2.32. The van der Waals surface area contributed by atoms with Crippen LogP contribution in [0.25, 0.3) is 0 Å². The molecular formula is C11H10BrClN2O. The molecule has 3 nitrogen and oxygen atoms in total. The summed E-state index contributed by atoms with van der Waals surface area (Å²) in [5, 5.41) is 0.665. The molecule has 3 N–H and O–H groups in total. The zero-order chi connectivity index (χ0) is 11.5. The quantitative estimate of drug-likeness (QED) is 0.676. The van der Waals surface area contributed by atoms with E-state index in [1.807, 2.05) is 30.3 Å². The summed E-state index contributed by atoms with van der Waals surface area (Å²) >= 11 is 9.45. The maximum Gasteiger partial charge on any atom is 0.174 e. The van der Waals surface area contributed by atoms with Crippen molar-refractivity contribution in [3.05, 3.63) is 57.4 Å². The minimum absolute atomic E-state index is 0.193. The molecule has 0 aliphatic rings. The number of furan rings is 1. The van der Waals surface area contributed by atoms with Crippen LogP contribution in [0.15, 0.2) is 45.7 Å². The molecule has 0 aliphatic carbocycles. The Morgan fingerprint density at radius 2 is 2.00 bits per heavy atom. The number of nitrogens with one attached hydrogen (secondary N) is 1. The molecule has 2 rings (SSSR count). The Labute approximate surface area is 107 Å². The molecule has 16 heavy (non-hydrogen) atoms. The first-order chi connectivity index (χ1) is 7.74. The summed E-state index contributed by atoms with van der Waals surface area (Å²) in [6.07, 6.45) is 1.60. The molecule has 0 fully saturated rings. The van der Waals surface area contributed by atoms with E-state index in [0.29, 0.717) is 9.69 Å². The summed E-state index contributed by atoms with van der Waals surface area (Å²) in [5.41, 5.74) is 4.55. The lowest BCUT2D eigenvalue weighted by atomic mass is 10.0. The maximum absolute atomic E-state index is 6.13. The minimum Gasteiger partial charge on any atom is -0.457 e. The summed E-state index contributed by atoms with van der Waals surface area (Å²) in [6.45, 7) is 0. The van der Waals surface area contributed by atoms with Crippen LogP contribution in [0.2, 0.25) is 5.02 Å². The Hall–Kier alpha value is -0.810. The van der Waals surface area contributed by atoms with Gasteiger partial charge in [0.15, 0.2) is 4.67 Å². The molecule has 0 radical (unpaired) electrons. The van der Waals surface area contributed by atoms with Gasteiger partial charge in [-0.2, -0.15) is 0 Å². The molecule has 0 saturated carbocycles. The summed E-state index contributed by atoms with van der Waals surface area (Å²) in [4.78, 5) is 0. The third-order valence-electron chi connectivity index (χ3n) is 2.34. The first-order valence-electron chi connectivity index (χ1n) is 4.67. The highest BCUT2D eigenvalue weighted by atomic mass is 79.9. The van der Waals surface area contributed by atoms with Crippen LogP contribution in [-0.2, 0) is 0 Å². The van der Waals surface area contributed by atoms with E-state index in [1.54, 1.807) is 6.26 Å². The van der Waals surface area contributed by atoms with Gasteiger partial charge in [0.2, 0.25) is 0 Å². The second kappa shape index (κ2) is 5.01. The fourth-order valence-corrected chi connectivity index (χ4v) is 2.28. The van der Waals surface area contributed by atoms with Gasteiger partial charge in [-0.25, -0.2) is 5.43 Å². The van der Waals surface area contributed by atoms with E-state index >= 15 is 0 Å². The van der Waals surface area contributed by atoms with Gasteiger partial charge in [-0.15, -0.1) is 0 Å². The molecule has 84 valence electrons. The van der Waals surface area contributed by atoms with Gasteiger partial charge in [0.05, 0.1) is 12.3 Å². The zero-order valence-electron chi connectivity index (χ0n) is 8.28. The molecule has 1 atom stereocenters. The van der Waals surface area contributed by atoms with Crippen LogP contribution < -0.4 is 11.3 Å². The van der Waals surface area contributed by atoms with Gasteiger partial charge < -0.3 is 4.42 Å². The van der Waals surface area contributed by atoms with Gasteiger partial charge in [-0.05, 0) is 33.6 Å². The van der Waals surface area contributed by atoms with Crippen LogP contribution in [0.3, 0.4) is 0 Å². The van der Waals surface area contributed by atoms with Crippen LogP contribution in [0, 0.1) is 0 Å². The van der Waals surface area contributed by atoms with Crippen molar-refractivity contribution in [3.63, 3.8) is 0 Å². The van der Waals surface area contributed by atoms with Crippen molar-refractivity contribution >= 4 is 27.5 Å². The van der Waals surface area contributed by atoms with E-state index in [1.165, 1.54) is 0 Å². The lowest BCUT2D eigenvalue weighted by Gasteiger charge is -2.16. The molecule has 0 saturated heterocycles. The summed E-state index contributed by atoms with van der Waals surface area (Å²) < 4.78 is 5.84. The molecule has 0 spiro atoms. The van der Waals surface area contributed by atoms with Crippen molar-refractivity contribution in [3.8, 4) is 0 Å². The highest BCUT2D eigenvalue weighted by molar-refractivity contribution is 9.10. The van der Waals surface area contributed by atoms with Crippen LogP contribution in [0.5, 0.6) is 0 Å². The third kappa shape index (κ3) is 2.15. The molecule has 0 amide bonds. The van der Waals surface area contributed by atoms with Crippen LogP contribution in [-0.4, -0.2) is 0 Å². The summed E-state index contributed by atoms with van der Waals surface area (Å²) in [7, 11) is 0. The van der Waals surface area contributed by atoms with Crippen LogP contribution >= 0.6 is 27.5 Å². The molecule has 0 aliphatic heterocycles. The SMILES string of the molecule is NNC(c1ccccc1Cl)c1ccoc1Br. The lowest BCUT2D eigenvalue weighted by Crippen LogP contribution is -2.29. The number of rotatable bonds is 3. The Bertz CT molecular complexity index is 486. The zero-order valence-corrected chi connectivity index (χ0v) is 10.6. The first-order valence-corrected chi connectivity index (χ1v) is 5.84. The van der Waals surface area contributed by atoms with E-state index in [-0.39, 0.29) is 6.04 Å². The first kappa shape index (κ1) is 11.7. The number of halogens is 2. The van der Waals surface area contributed by atoms with Crippen molar-refractivity contribution in [1.82, 2.24) is 5.43 Å². The van der Waals surface area contributed by atoms with E-state index in [4.69, 9.17) is 21.9 Å². The van der Waals surface area contributed by atoms with Gasteiger partial charge in [-0.1, -0.05) is 29.8 Å². The predicted molar refractivity (Wildman–Crippen MR) is 67.0 cm³/mol. The van der Waals surface area contributed by atoms with E-state index < -0.39 is 0 Å². The monoisotopic (exact) mass is 300 g/mol. The standard InChI is InChI=1S/C11H10BrClN2O/c12-11-8(5-6-16-11)10(15-14)7-3-1-2-4-9(7)13/h1-6,10,15H,14H2. The molecule has 1 unspecified atom stereocenters. The highest BCUT2D eigenvalue weighted by Gasteiger charge is 2.19. The van der Waals surface area contributed by atoms with Gasteiger partial charge in [0.25, 0.3) is 0 Å². The number of benzene rings is 1. The van der Waals surface area contributed by atoms with Gasteiger partial charge in [-0.3, -0.25) is 5.84 Å². The van der Waals surface area contributed by atoms with Gasteiger partial charge in [0.1, 0.15) is 0 Å². The number of nitrogens with two attached hydrogens (primary N) is 1. The Balaban J connectivity index is 2.45. The van der Waals surface area contributed by atoms with Crippen molar-refractivity contribution in [2.24, 2.45) is 5.84 Å². The molecule has 1 heterocycles. The topological polar surface area (TPSA) is 51.2 Å². The molecule has 0 bridgehead atoms. The lowest BCUT2D eigenvalue weighted by molar-refractivity contribution is 0.527. The van der Waals surface area contributed by atoms with Crippen molar-refractivity contribution in [2.45, 2.75) is 6.04 Å². The van der Waals surface area contributed by atoms with E-state index in [0.717, 1.165) is 11.1 Å².